The summed E-state index contributed by atoms with van der Waals surface area (Å²) >= 11 is 0. The average Bonchev–Trinajstić information content (AvgIpc) is 2.66. The van der Waals surface area contributed by atoms with Gasteiger partial charge in [0.25, 0.3) is 0 Å². The lowest BCUT2D eigenvalue weighted by atomic mass is 9.85. The number of aliphatic hydroxyl groups is 1. The van der Waals surface area contributed by atoms with Gasteiger partial charge in [-0.2, -0.15) is 5.23 Å². The fraction of sp³-hybridized carbons (Fsp3) is 0.176. The Hall–Kier alpha value is -3.18. The Balaban J connectivity index is 2.36. The third-order valence-corrected chi connectivity index (χ3v) is 4.07. The maximum absolute atomic E-state index is 12.3. The fourth-order valence-corrected chi connectivity index (χ4v) is 2.93. The van der Waals surface area contributed by atoms with E-state index in [0.717, 1.165) is 13.2 Å². The second-order valence-electron chi connectivity index (χ2n) is 5.63. The highest BCUT2D eigenvalue weighted by molar-refractivity contribution is 5.92. The van der Waals surface area contributed by atoms with Crippen LogP contribution in [0.15, 0.2) is 51.0 Å². The number of carbonyl (C=O) groups excluding carboxylic acids is 1. The molecule has 0 amide bonds. The quantitative estimate of drug-likeness (QED) is 0.404. The number of para-hydroxylation sites is 1. The molecule has 10 heteroatoms. The van der Waals surface area contributed by atoms with Crippen molar-refractivity contribution in [2.75, 3.05) is 7.11 Å². The van der Waals surface area contributed by atoms with E-state index in [2.05, 4.69) is 0 Å². The van der Waals surface area contributed by atoms with Crippen LogP contribution in [0.3, 0.4) is 0 Å². The van der Waals surface area contributed by atoms with Crippen LogP contribution in [0.4, 0.5) is 5.69 Å². The van der Waals surface area contributed by atoms with Crippen LogP contribution < -0.4 is 21.1 Å². The first-order valence-electron chi connectivity index (χ1n) is 7.74. The first-order valence-corrected chi connectivity index (χ1v) is 7.74. The number of fused-ring (bicyclic) bond motifs is 1. The Kier molecular flexibility index (Phi) is 4.97. The van der Waals surface area contributed by atoms with Crippen molar-refractivity contribution in [2.45, 2.75) is 12.5 Å². The number of ether oxygens (including phenoxy) is 2. The summed E-state index contributed by atoms with van der Waals surface area (Å²) in [6, 6.07) is 6.90. The molecule has 0 saturated heterocycles. The molecule has 0 bridgehead atoms. The smallest absolute Gasteiger partial charge is 0.340 e. The minimum absolute atomic E-state index is 0.0788. The molecule has 142 valence electrons. The van der Waals surface area contributed by atoms with Crippen LogP contribution in [0, 0.1) is 5.21 Å². The monoisotopic (exact) mass is 376 g/mol. The SMILES string of the molecule is COC(=O)C1=C(N)Oc2c(oc(CO)cc2=O)C1c1ccccc1[NH+]([O-])O. The summed E-state index contributed by atoms with van der Waals surface area (Å²) in [5, 5.41) is 29.3. The van der Waals surface area contributed by atoms with Gasteiger partial charge >= 0.3 is 5.97 Å². The molecule has 0 fully saturated rings. The van der Waals surface area contributed by atoms with Crippen LogP contribution >= 0.6 is 0 Å². The summed E-state index contributed by atoms with van der Waals surface area (Å²) < 4.78 is 15.6. The second kappa shape index (κ2) is 7.21. The molecule has 2 unspecified atom stereocenters. The second-order valence-corrected chi connectivity index (χ2v) is 5.63. The van der Waals surface area contributed by atoms with Gasteiger partial charge in [-0.25, -0.2) is 10.0 Å². The zero-order valence-electron chi connectivity index (χ0n) is 14.1. The van der Waals surface area contributed by atoms with Crippen LogP contribution in [0.2, 0.25) is 0 Å². The number of nitrogens with one attached hydrogen (secondary N) is 1. The van der Waals surface area contributed by atoms with Crippen LogP contribution in [0.5, 0.6) is 5.75 Å². The lowest BCUT2D eigenvalue weighted by Crippen LogP contribution is -2.99. The van der Waals surface area contributed by atoms with Gasteiger partial charge in [-0.15, -0.1) is 0 Å². The average molecular weight is 376 g/mol. The zero-order chi connectivity index (χ0) is 19.7. The molecule has 0 aliphatic carbocycles. The third-order valence-electron chi connectivity index (χ3n) is 4.07. The molecule has 10 nitrogen and oxygen atoms in total. The molecule has 2 atom stereocenters. The topological polar surface area (TPSA) is 160 Å². The van der Waals surface area contributed by atoms with E-state index in [1.807, 2.05) is 0 Å². The normalized spacial score (nSPS) is 17.1. The first kappa shape index (κ1) is 18.6. The molecule has 2 aromatic rings. The Bertz CT molecular complexity index is 979. The van der Waals surface area contributed by atoms with E-state index in [1.54, 1.807) is 6.07 Å². The number of hydrogen-bond donors (Lipinski definition) is 4. The number of hydrogen-bond acceptors (Lipinski definition) is 9. The number of rotatable bonds is 4. The molecule has 1 aliphatic heterocycles. The summed E-state index contributed by atoms with van der Waals surface area (Å²) in [5.41, 5.74) is 5.02. The van der Waals surface area contributed by atoms with E-state index >= 15 is 0 Å². The van der Waals surface area contributed by atoms with Gasteiger partial charge in [0.2, 0.25) is 17.1 Å². The van der Waals surface area contributed by atoms with Gasteiger partial charge in [-0.05, 0) is 0 Å². The molecule has 0 radical (unpaired) electrons. The Labute approximate surface area is 152 Å². The van der Waals surface area contributed by atoms with Gasteiger partial charge in [0, 0.05) is 17.7 Å². The van der Waals surface area contributed by atoms with E-state index in [0.29, 0.717) is 0 Å². The molecular weight excluding hydrogens is 360 g/mol. The third kappa shape index (κ3) is 3.17. The highest BCUT2D eigenvalue weighted by Crippen LogP contribution is 2.43. The van der Waals surface area contributed by atoms with Crippen molar-refractivity contribution in [1.29, 1.82) is 0 Å². The molecule has 3 rings (SSSR count). The molecule has 5 N–H and O–H groups in total. The molecule has 0 spiro atoms. The van der Waals surface area contributed by atoms with Crippen LogP contribution in [-0.4, -0.2) is 23.4 Å². The van der Waals surface area contributed by atoms with E-state index in [9.17, 15) is 25.1 Å². The molecular formula is C17H16N2O8. The molecule has 1 aliphatic rings. The van der Waals surface area contributed by atoms with Gasteiger partial charge in [-0.1, -0.05) is 18.2 Å². The van der Waals surface area contributed by atoms with E-state index in [-0.39, 0.29) is 34.1 Å². The zero-order valence-corrected chi connectivity index (χ0v) is 14.1. The first-order chi connectivity index (χ1) is 12.9. The van der Waals surface area contributed by atoms with Crippen LogP contribution in [0.25, 0.3) is 0 Å². The predicted octanol–water partition coefficient (Wildman–Crippen LogP) is -0.597. The van der Waals surface area contributed by atoms with Crippen molar-refractivity contribution in [2.24, 2.45) is 5.73 Å². The number of nitrogens with two attached hydrogens (primary N) is 1. The number of esters is 1. The lowest BCUT2D eigenvalue weighted by Gasteiger charge is -2.28. The molecule has 1 aromatic heterocycles. The predicted molar refractivity (Wildman–Crippen MR) is 88.8 cm³/mol. The number of methoxy groups -OCH3 is 1. The van der Waals surface area contributed by atoms with Gasteiger partial charge < -0.3 is 29.9 Å². The van der Waals surface area contributed by atoms with E-state index < -0.39 is 35.0 Å². The largest absolute Gasteiger partial charge is 0.595 e. The highest BCUT2D eigenvalue weighted by atomic mass is 16.8. The van der Waals surface area contributed by atoms with Crippen molar-refractivity contribution >= 4 is 11.7 Å². The molecule has 1 aromatic carbocycles. The van der Waals surface area contributed by atoms with Gasteiger partial charge in [0.1, 0.15) is 17.9 Å². The minimum Gasteiger partial charge on any atom is -0.595 e. The Morgan fingerprint density at radius 3 is 2.74 bits per heavy atom. The maximum Gasteiger partial charge on any atom is 0.340 e. The number of aliphatic hydroxyl groups excluding tert-OH is 1. The number of quaternary nitrogens is 1. The standard InChI is InChI=1S/C17H16N2O8/c1-25-17(22)13-12(9-4-2-3-5-10(9)19(23)24)15-14(27-16(13)18)11(21)6-8(7-20)26-15/h2-6,12,19-20,23H,7,18H2,1H3. The summed E-state index contributed by atoms with van der Waals surface area (Å²) in [6.07, 6.45) is 0. The summed E-state index contributed by atoms with van der Waals surface area (Å²) in [4.78, 5) is 24.7. The van der Waals surface area contributed by atoms with Crippen molar-refractivity contribution in [3.05, 3.63) is 74.3 Å². The van der Waals surface area contributed by atoms with E-state index in [1.165, 1.54) is 18.2 Å². The van der Waals surface area contributed by atoms with Crippen molar-refractivity contribution in [3.63, 3.8) is 0 Å². The van der Waals surface area contributed by atoms with Gasteiger partial charge in [0.15, 0.2) is 11.4 Å². The van der Waals surface area contributed by atoms with E-state index in [4.69, 9.17) is 19.6 Å². The van der Waals surface area contributed by atoms with Crippen molar-refractivity contribution < 1.29 is 34.2 Å². The van der Waals surface area contributed by atoms with Crippen LogP contribution in [-0.2, 0) is 16.1 Å². The van der Waals surface area contributed by atoms with Gasteiger partial charge in [0.05, 0.1) is 13.0 Å². The summed E-state index contributed by atoms with van der Waals surface area (Å²) in [7, 11) is 1.12. The minimum atomic E-state index is -1.25. The maximum atomic E-state index is 12.3. The molecule has 0 saturated carbocycles. The molecule has 27 heavy (non-hydrogen) atoms. The number of carbonyl (C=O) groups is 1. The summed E-state index contributed by atoms with van der Waals surface area (Å²) in [6.45, 7) is -0.581. The van der Waals surface area contributed by atoms with Crippen molar-refractivity contribution in [1.82, 2.24) is 0 Å². The molecule has 2 heterocycles. The van der Waals surface area contributed by atoms with Gasteiger partial charge in [-0.3, -0.25) is 4.79 Å². The Morgan fingerprint density at radius 1 is 1.41 bits per heavy atom. The summed E-state index contributed by atoms with van der Waals surface area (Å²) in [5.74, 6) is -2.96. The lowest BCUT2D eigenvalue weighted by molar-refractivity contribution is -0.991. The Morgan fingerprint density at radius 2 is 2.11 bits per heavy atom. The van der Waals surface area contributed by atoms with Crippen LogP contribution in [0.1, 0.15) is 23.0 Å². The number of benzene rings is 1. The fourth-order valence-electron chi connectivity index (χ4n) is 2.93. The van der Waals surface area contributed by atoms with Crippen molar-refractivity contribution in [3.8, 4) is 5.75 Å². The highest BCUT2D eigenvalue weighted by Gasteiger charge is 2.41.